The zero-order chi connectivity index (χ0) is 28.2. The van der Waals surface area contributed by atoms with Crippen molar-refractivity contribution in [3.8, 4) is 11.3 Å². The van der Waals surface area contributed by atoms with Gasteiger partial charge in [0.15, 0.2) is 5.78 Å². The molecule has 3 aromatic rings. The van der Waals surface area contributed by atoms with Crippen molar-refractivity contribution < 1.29 is 23.3 Å². The van der Waals surface area contributed by atoms with Crippen LogP contribution in [0.5, 0.6) is 0 Å². The summed E-state index contributed by atoms with van der Waals surface area (Å²) in [4.78, 5) is 0. The lowest BCUT2D eigenvalue weighted by Crippen LogP contribution is -2.54. The van der Waals surface area contributed by atoms with Crippen LogP contribution >= 0.6 is 7.37 Å². The molecule has 2 heterocycles. The molecule has 1 aliphatic heterocycles. The summed E-state index contributed by atoms with van der Waals surface area (Å²) in [5.41, 5.74) is 1.63. The van der Waals surface area contributed by atoms with Gasteiger partial charge in [-0.3, -0.25) is 4.57 Å². The number of aromatic nitrogens is 3. The predicted octanol–water partition coefficient (Wildman–Crippen LogP) is 6.63. The molecule has 0 aliphatic carbocycles. The molecule has 0 saturated carbocycles. The molecule has 1 fully saturated rings. The quantitative estimate of drug-likeness (QED) is 0.141. The highest BCUT2D eigenvalue weighted by atomic mass is 31.2. The number of hydrogen-bond donors (Lipinski definition) is 0. The number of unbranched alkanes of at least 4 members (excludes halogenated alkanes) is 3. The number of ether oxygens (including phenoxy) is 3. The molecule has 5 unspecified atom stereocenters. The van der Waals surface area contributed by atoms with Crippen molar-refractivity contribution in [2.75, 3.05) is 26.4 Å². The van der Waals surface area contributed by atoms with E-state index in [1.807, 2.05) is 66.9 Å². The maximum absolute atomic E-state index is 15.2. The summed E-state index contributed by atoms with van der Waals surface area (Å²) < 4.78 is 42.7. The third-order valence-corrected chi connectivity index (χ3v) is 9.96. The van der Waals surface area contributed by atoms with E-state index >= 15 is 4.57 Å². The normalized spacial score (nSPS) is 24.8. The number of hydrogen-bond acceptors (Lipinski definition) is 7. The smallest absolute Gasteiger partial charge is 0.259 e. The van der Waals surface area contributed by atoms with Gasteiger partial charge >= 0.3 is 0 Å². The van der Waals surface area contributed by atoms with Gasteiger partial charge in [-0.2, -0.15) is 0 Å². The van der Waals surface area contributed by atoms with Gasteiger partial charge < -0.3 is 18.7 Å². The minimum Gasteiger partial charge on any atom is -0.379 e. The van der Waals surface area contributed by atoms with Gasteiger partial charge in [0, 0.05) is 30.7 Å². The van der Waals surface area contributed by atoms with Crippen LogP contribution in [-0.4, -0.2) is 59.7 Å². The van der Waals surface area contributed by atoms with E-state index in [1.165, 1.54) is 0 Å². The van der Waals surface area contributed by atoms with Gasteiger partial charge in [-0.1, -0.05) is 93.8 Å². The number of benzene rings is 2. The van der Waals surface area contributed by atoms with Crippen LogP contribution in [0.25, 0.3) is 11.3 Å². The van der Waals surface area contributed by atoms with Crippen molar-refractivity contribution >= 4 is 12.7 Å². The first kappa shape index (κ1) is 30.6. The van der Waals surface area contributed by atoms with E-state index < -0.39 is 31.5 Å². The van der Waals surface area contributed by atoms with Crippen molar-refractivity contribution in [2.24, 2.45) is 0 Å². The van der Waals surface area contributed by atoms with Crippen LogP contribution in [0.1, 0.15) is 65.1 Å². The van der Waals surface area contributed by atoms with E-state index in [0.717, 1.165) is 44.1 Å². The van der Waals surface area contributed by atoms with Crippen LogP contribution in [0.2, 0.25) is 0 Å². The molecular weight excluding hydrogens is 525 g/mol. The molecule has 4 rings (SSSR count). The fourth-order valence-electron chi connectivity index (χ4n) is 4.88. The van der Waals surface area contributed by atoms with E-state index in [4.69, 9.17) is 18.7 Å². The van der Waals surface area contributed by atoms with Gasteiger partial charge in [0.1, 0.15) is 24.0 Å². The van der Waals surface area contributed by atoms with E-state index in [1.54, 1.807) is 4.68 Å². The molecule has 9 heteroatoms. The maximum atomic E-state index is 15.2. The lowest BCUT2D eigenvalue weighted by atomic mass is 10.1. The fourth-order valence-corrected chi connectivity index (χ4v) is 7.67. The highest BCUT2D eigenvalue weighted by Crippen LogP contribution is 2.63. The van der Waals surface area contributed by atoms with Gasteiger partial charge in [-0.05, 0) is 31.4 Å². The lowest BCUT2D eigenvalue weighted by Gasteiger charge is -2.46. The molecule has 40 heavy (non-hydrogen) atoms. The van der Waals surface area contributed by atoms with Gasteiger partial charge in [0.05, 0.1) is 12.8 Å². The molecular formula is C31H44N3O5P. The number of rotatable bonds is 16. The maximum Gasteiger partial charge on any atom is 0.259 e. The first-order chi connectivity index (χ1) is 19.6. The average Bonchev–Trinajstić information content (AvgIpc) is 3.47. The van der Waals surface area contributed by atoms with Crippen molar-refractivity contribution in [3.63, 3.8) is 0 Å². The van der Waals surface area contributed by atoms with Crippen LogP contribution < -0.4 is 5.30 Å². The zero-order valence-electron chi connectivity index (χ0n) is 24.1. The first-order valence-electron chi connectivity index (χ1n) is 14.7. The molecule has 1 saturated heterocycles. The minimum absolute atomic E-state index is 0.278. The second-order valence-corrected chi connectivity index (χ2v) is 12.7. The Bertz CT molecular complexity index is 1180. The Balaban J connectivity index is 1.79. The number of nitrogens with zero attached hydrogens (tertiary/aromatic N) is 3. The molecule has 8 nitrogen and oxygen atoms in total. The Morgan fingerprint density at radius 2 is 1.43 bits per heavy atom. The molecule has 0 N–H and O–H groups in total. The summed E-state index contributed by atoms with van der Waals surface area (Å²) in [5.74, 6) is -0.754. The molecule has 218 valence electrons. The van der Waals surface area contributed by atoms with Gasteiger partial charge in [0.25, 0.3) is 7.37 Å². The zero-order valence-corrected chi connectivity index (χ0v) is 25.0. The van der Waals surface area contributed by atoms with Gasteiger partial charge in [0.2, 0.25) is 0 Å². The standard InChI is InChI=1S/C31H44N3O5P/c1-4-7-20-36-24-28-29(37-21-8-5-2)30(38-22-9-6-3)31(40(35,39-28)26-18-14-11-15-19-26)34-23-27(32-33-34)25-16-12-10-13-17-25/h10-19,23,28-31H,4-9,20-22,24H2,1-3H3. The van der Waals surface area contributed by atoms with E-state index in [9.17, 15) is 0 Å². The van der Waals surface area contributed by atoms with Crippen molar-refractivity contribution in [3.05, 3.63) is 66.9 Å². The SMILES string of the molecule is CCCCOCC1OP(=O)(c2ccccc2)C(n2cc(-c3ccccc3)nn2)C(OCCCC)C1OCCCC. The van der Waals surface area contributed by atoms with Crippen molar-refractivity contribution in [1.29, 1.82) is 0 Å². The van der Waals surface area contributed by atoms with E-state index in [2.05, 4.69) is 31.1 Å². The summed E-state index contributed by atoms with van der Waals surface area (Å²) in [6.45, 7) is 8.35. The van der Waals surface area contributed by atoms with Crippen LogP contribution in [0.3, 0.4) is 0 Å². The second kappa shape index (κ2) is 15.6. The molecule has 1 aromatic heterocycles. The summed E-state index contributed by atoms with van der Waals surface area (Å²) in [5, 5.41) is 9.58. The molecule has 0 bridgehead atoms. The molecule has 0 spiro atoms. The summed E-state index contributed by atoms with van der Waals surface area (Å²) in [6.07, 6.45) is 5.99. The third kappa shape index (κ3) is 7.48. The largest absolute Gasteiger partial charge is 0.379 e. The Kier molecular flexibility index (Phi) is 11.9. The summed E-state index contributed by atoms with van der Waals surface area (Å²) >= 11 is 0. The second-order valence-electron chi connectivity index (χ2n) is 10.2. The Hall–Kier alpha value is -2.35. The third-order valence-electron chi connectivity index (χ3n) is 7.13. The van der Waals surface area contributed by atoms with Gasteiger partial charge in [-0.15, -0.1) is 5.10 Å². The molecule has 0 amide bonds. The molecule has 0 radical (unpaired) electrons. The molecule has 1 aliphatic rings. The Labute approximate surface area is 238 Å². The summed E-state index contributed by atoms with van der Waals surface area (Å²) in [6, 6.07) is 19.3. The highest BCUT2D eigenvalue weighted by Gasteiger charge is 2.56. The van der Waals surface area contributed by atoms with Crippen molar-refractivity contribution in [1.82, 2.24) is 15.0 Å². The van der Waals surface area contributed by atoms with Gasteiger partial charge in [-0.25, -0.2) is 4.68 Å². The monoisotopic (exact) mass is 569 g/mol. The van der Waals surface area contributed by atoms with Crippen molar-refractivity contribution in [2.45, 2.75) is 83.4 Å². The molecule has 5 atom stereocenters. The van der Waals surface area contributed by atoms with E-state index in [-0.39, 0.29) is 6.61 Å². The van der Waals surface area contributed by atoms with Crippen LogP contribution in [0.15, 0.2) is 66.9 Å². The Morgan fingerprint density at radius 1 is 0.825 bits per heavy atom. The predicted molar refractivity (Wildman–Crippen MR) is 158 cm³/mol. The van der Waals surface area contributed by atoms with Crippen LogP contribution in [0, 0.1) is 0 Å². The average molecular weight is 570 g/mol. The van der Waals surface area contributed by atoms with Crippen LogP contribution in [-0.2, 0) is 23.3 Å². The fraction of sp³-hybridized carbons (Fsp3) is 0.548. The first-order valence-corrected chi connectivity index (χ1v) is 16.4. The highest BCUT2D eigenvalue weighted by molar-refractivity contribution is 7.67. The van der Waals surface area contributed by atoms with Crippen LogP contribution in [0.4, 0.5) is 0 Å². The summed E-state index contributed by atoms with van der Waals surface area (Å²) in [7, 11) is -3.59. The molecule has 2 aromatic carbocycles. The minimum atomic E-state index is -3.59. The van der Waals surface area contributed by atoms with E-state index in [0.29, 0.717) is 30.8 Å². The Morgan fingerprint density at radius 3 is 2.08 bits per heavy atom. The lowest BCUT2D eigenvalue weighted by molar-refractivity contribution is -0.152. The topological polar surface area (TPSA) is 84.7 Å².